The first-order valence-electron chi connectivity index (χ1n) is 5.23. The topological polar surface area (TPSA) is 41.0 Å². The maximum atomic E-state index is 4.20. The highest BCUT2D eigenvalue weighted by Crippen LogP contribution is 2.35. The summed E-state index contributed by atoms with van der Waals surface area (Å²) in [6.07, 6.45) is 3.40. The average molecular weight is 212 g/mol. The van der Waals surface area contributed by atoms with Gasteiger partial charge in [0.25, 0.3) is 0 Å². The molecule has 1 aliphatic rings. The van der Waals surface area contributed by atoms with E-state index in [1.54, 1.807) is 6.33 Å². The molecule has 0 aliphatic carbocycles. The van der Waals surface area contributed by atoms with Crippen molar-refractivity contribution in [2.24, 2.45) is 0 Å². The van der Waals surface area contributed by atoms with Crippen molar-refractivity contribution in [3.63, 3.8) is 0 Å². The van der Waals surface area contributed by atoms with E-state index in [1.807, 2.05) is 18.3 Å². The van der Waals surface area contributed by atoms with Gasteiger partial charge in [-0.1, -0.05) is 18.2 Å². The molecule has 0 fully saturated rings. The van der Waals surface area contributed by atoms with Gasteiger partial charge in [0, 0.05) is 5.69 Å². The minimum absolute atomic E-state index is 0.749. The predicted octanol–water partition coefficient (Wildman–Crippen LogP) is 2.31. The molecule has 3 rings (SSSR count). The Balaban J connectivity index is 2.08. The highest BCUT2D eigenvalue weighted by molar-refractivity contribution is 5.78. The zero-order valence-electron chi connectivity index (χ0n) is 9.01. The Morgan fingerprint density at radius 2 is 2.12 bits per heavy atom. The molecule has 4 nitrogen and oxygen atoms in total. The molecule has 2 aromatic rings. The Hall–Kier alpha value is -2.10. The molecule has 4 heteroatoms. The fraction of sp³-hybridized carbons (Fsp3) is 0.167. The molecule has 0 radical (unpaired) electrons. The van der Waals surface area contributed by atoms with E-state index in [9.17, 15) is 0 Å². The summed E-state index contributed by atoms with van der Waals surface area (Å²) in [4.78, 5) is 10.5. The van der Waals surface area contributed by atoms with Crippen LogP contribution in [0.25, 0.3) is 0 Å². The lowest BCUT2D eigenvalue weighted by atomic mass is 10.2. The van der Waals surface area contributed by atoms with E-state index < -0.39 is 0 Å². The Labute approximate surface area is 94.0 Å². The molecule has 0 saturated heterocycles. The number of nitrogens with one attached hydrogen (secondary N) is 1. The van der Waals surface area contributed by atoms with Crippen LogP contribution < -0.4 is 10.2 Å². The Morgan fingerprint density at radius 3 is 3.00 bits per heavy atom. The van der Waals surface area contributed by atoms with Crippen molar-refractivity contribution >= 4 is 17.2 Å². The summed E-state index contributed by atoms with van der Waals surface area (Å²) in [7, 11) is 0. The molecule has 1 aromatic carbocycles. The lowest BCUT2D eigenvalue weighted by molar-refractivity contribution is 1.08. The SMILES string of the molecule is Cc1ccccc1N1CNc2ncncc21. The molecule has 0 unspecified atom stereocenters. The molecule has 0 amide bonds. The quantitative estimate of drug-likeness (QED) is 0.787. The van der Waals surface area contributed by atoms with E-state index >= 15 is 0 Å². The molecule has 0 atom stereocenters. The third kappa shape index (κ3) is 1.31. The van der Waals surface area contributed by atoms with E-state index in [2.05, 4.69) is 39.2 Å². The first-order valence-corrected chi connectivity index (χ1v) is 5.23. The molecule has 2 heterocycles. The normalized spacial score (nSPS) is 13.4. The summed E-state index contributed by atoms with van der Waals surface area (Å²) in [6.45, 7) is 2.86. The number of hydrogen-bond acceptors (Lipinski definition) is 4. The summed E-state index contributed by atoms with van der Waals surface area (Å²) >= 11 is 0. The van der Waals surface area contributed by atoms with Crippen molar-refractivity contribution in [2.45, 2.75) is 6.92 Å². The van der Waals surface area contributed by atoms with Crippen molar-refractivity contribution in [2.75, 3.05) is 16.9 Å². The van der Waals surface area contributed by atoms with Gasteiger partial charge in [0.2, 0.25) is 0 Å². The summed E-state index contributed by atoms with van der Waals surface area (Å²) in [5, 5.41) is 3.25. The van der Waals surface area contributed by atoms with Crippen LogP contribution in [0, 0.1) is 6.92 Å². The van der Waals surface area contributed by atoms with Gasteiger partial charge >= 0.3 is 0 Å². The van der Waals surface area contributed by atoms with Gasteiger partial charge in [-0.2, -0.15) is 0 Å². The number of nitrogens with zero attached hydrogens (tertiary/aromatic N) is 3. The van der Waals surface area contributed by atoms with Crippen molar-refractivity contribution in [1.29, 1.82) is 0 Å². The maximum Gasteiger partial charge on any atom is 0.154 e. The van der Waals surface area contributed by atoms with E-state index in [-0.39, 0.29) is 0 Å². The number of rotatable bonds is 1. The van der Waals surface area contributed by atoms with Crippen LogP contribution in [0.2, 0.25) is 0 Å². The molecule has 0 spiro atoms. The summed E-state index contributed by atoms with van der Waals surface area (Å²) < 4.78 is 0. The molecule has 16 heavy (non-hydrogen) atoms. The van der Waals surface area contributed by atoms with Crippen molar-refractivity contribution in [3.8, 4) is 0 Å². The average Bonchev–Trinajstić information content (AvgIpc) is 2.74. The van der Waals surface area contributed by atoms with Gasteiger partial charge in [0.1, 0.15) is 12.0 Å². The second kappa shape index (κ2) is 3.48. The van der Waals surface area contributed by atoms with Crippen molar-refractivity contribution in [3.05, 3.63) is 42.4 Å². The highest BCUT2D eigenvalue weighted by Gasteiger charge is 2.21. The molecule has 1 N–H and O–H groups in total. The molecule has 1 aromatic heterocycles. The van der Waals surface area contributed by atoms with Crippen molar-refractivity contribution < 1.29 is 0 Å². The number of aromatic nitrogens is 2. The smallest absolute Gasteiger partial charge is 0.154 e. The minimum atomic E-state index is 0.749. The fourth-order valence-electron chi connectivity index (χ4n) is 1.98. The second-order valence-corrected chi connectivity index (χ2v) is 3.81. The fourth-order valence-corrected chi connectivity index (χ4v) is 1.98. The summed E-state index contributed by atoms with van der Waals surface area (Å²) in [5.74, 6) is 0.901. The number of hydrogen-bond donors (Lipinski definition) is 1. The number of anilines is 3. The third-order valence-corrected chi connectivity index (χ3v) is 2.79. The standard InChI is InChI=1S/C12H12N4/c1-9-4-2-3-5-10(9)16-8-15-12-11(16)6-13-7-14-12/h2-7H,8H2,1H3,(H,13,14,15). The van der Waals surface area contributed by atoms with Crippen LogP contribution in [0.15, 0.2) is 36.8 Å². The molecule has 80 valence electrons. The Morgan fingerprint density at radius 1 is 1.25 bits per heavy atom. The lowest BCUT2D eigenvalue weighted by Crippen LogP contribution is -2.17. The summed E-state index contributed by atoms with van der Waals surface area (Å²) in [5.41, 5.74) is 3.49. The lowest BCUT2D eigenvalue weighted by Gasteiger charge is -2.19. The van der Waals surface area contributed by atoms with Gasteiger partial charge in [-0.05, 0) is 18.6 Å². The Kier molecular flexibility index (Phi) is 1.99. The second-order valence-electron chi connectivity index (χ2n) is 3.81. The van der Waals surface area contributed by atoms with Gasteiger partial charge in [-0.15, -0.1) is 0 Å². The van der Waals surface area contributed by atoms with Gasteiger partial charge in [0.05, 0.1) is 12.9 Å². The van der Waals surface area contributed by atoms with Crippen LogP contribution in [0.4, 0.5) is 17.2 Å². The van der Waals surface area contributed by atoms with E-state index in [1.165, 1.54) is 11.3 Å². The van der Waals surface area contributed by atoms with Crippen LogP contribution in [0.3, 0.4) is 0 Å². The van der Waals surface area contributed by atoms with Crippen LogP contribution in [0.5, 0.6) is 0 Å². The van der Waals surface area contributed by atoms with Gasteiger partial charge in [0.15, 0.2) is 5.82 Å². The maximum absolute atomic E-state index is 4.20. The largest absolute Gasteiger partial charge is 0.350 e. The predicted molar refractivity (Wildman–Crippen MR) is 63.8 cm³/mol. The number of aryl methyl sites for hydroxylation is 1. The zero-order valence-corrected chi connectivity index (χ0v) is 9.01. The van der Waals surface area contributed by atoms with Gasteiger partial charge in [-0.3, -0.25) is 0 Å². The molecular weight excluding hydrogens is 200 g/mol. The summed E-state index contributed by atoms with van der Waals surface area (Å²) in [6, 6.07) is 8.31. The van der Waals surface area contributed by atoms with E-state index in [4.69, 9.17) is 0 Å². The molecular formula is C12H12N4. The van der Waals surface area contributed by atoms with Crippen LogP contribution in [-0.2, 0) is 0 Å². The van der Waals surface area contributed by atoms with Gasteiger partial charge < -0.3 is 10.2 Å². The third-order valence-electron chi connectivity index (χ3n) is 2.79. The van der Waals surface area contributed by atoms with Crippen molar-refractivity contribution in [1.82, 2.24) is 9.97 Å². The number of fused-ring (bicyclic) bond motifs is 1. The minimum Gasteiger partial charge on any atom is -0.350 e. The van der Waals surface area contributed by atoms with Crippen LogP contribution in [0.1, 0.15) is 5.56 Å². The Bertz CT molecular complexity index is 524. The zero-order chi connectivity index (χ0) is 11.0. The van der Waals surface area contributed by atoms with E-state index in [0.29, 0.717) is 0 Å². The highest BCUT2D eigenvalue weighted by atomic mass is 15.3. The first-order chi connectivity index (χ1) is 7.86. The monoisotopic (exact) mass is 212 g/mol. The molecule has 1 aliphatic heterocycles. The van der Waals surface area contributed by atoms with E-state index in [0.717, 1.165) is 18.2 Å². The molecule has 0 bridgehead atoms. The van der Waals surface area contributed by atoms with Gasteiger partial charge in [-0.25, -0.2) is 9.97 Å². The first kappa shape index (κ1) is 9.15. The molecule has 0 saturated carbocycles. The van der Waals surface area contributed by atoms with Crippen LogP contribution >= 0.6 is 0 Å². The van der Waals surface area contributed by atoms with Crippen LogP contribution in [-0.4, -0.2) is 16.6 Å². The number of benzene rings is 1. The number of para-hydroxylation sites is 1.